The zero-order chi connectivity index (χ0) is 20.2. The van der Waals surface area contributed by atoms with Crippen molar-refractivity contribution in [2.24, 2.45) is 0 Å². The Kier molecular flexibility index (Phi) is 5.57. The van der Waals surface area contributed by atoms with Gasteiger partial charge in [0.25, 0.3) is 5.56 Å². The molecule has 2 aromatic heterocycles. The van der Waals surface area contributed by atoms with Crippen molar-refractivity contribution >= 4 is 0 Å². The predicted octanol–water partition coefficient (Wildman–Crippen LogP) is 2.84. The number of nitrogens with zero attached hydrogens (tertiary/aromatic N) is 3. The molecular weight excluding hydrogens is 368 g/mol. The molecule has 29 heavy (non-hydrogen) atoms. The van der Waals surface area contributed by atoms with E-state index in [0.29, 0.717) is 5.69 Å². The molecule has 150 valence electrons. The Hall–Kier alpha value is -3.19. The minimum Gasteiger partial charge on any atom is -0.497 e. The fraction of sp³-hybridized carbons (Fsp3) is 0.318. The molecular formula is C22H24N4O3. The molecule has 0 radical (unpaired) electrons. The maximum absolute atomic E-state index is 12.2. The molecule has 0 saturated carbocycles. The van der Waals surface area contributed by atoms with Gasteiger partial charge in [0.2, 0.25) is 0 Å². The van der Waals surface area contributed by atoms with Gasteiger partial charge in [-0.2, -0.15) is 0 Å². The number of hydrogen-bond donors (Lipinski definition) is 1. The molecule has 7 heteroatoms. The summed E-state index contributed by atoms with van der Waals surface area (Å²) in [5.74, 6) is 2.49. The summed E-state index contributed by atoms with van der Waals surface area (Å²) in [5, 5.41) is 0. The molecule has 0 amide bonds. The summed E-state index contributed by atoms with van der Waals surface area (Å²) in [5.41, 5.74) is 2.50. The average molecular weight is 392 g/mol. The first kappa shape index (κ1) is 19.1. The molecule has 1 aliphatic heterocycles. The lowest BCUT2D eigenvalue weighted by molar-refractivity contribution is 0.323. The van der Waals surface area contributed by atoms with Crippen LogP contribution in [0.15, 0.2) is 53.6 Å². The molecule has 7 nitrogen and oxygen atoms in total. The first-order valence-electron chi connectivity index (χ1n) is 9.60. The van der Waals surface area contributed by atoms with Gasteiger partial charge in [0.15, 0.2) is 0 Å². The quantitative estimate of drug-likeness (QED) is 0.695. The van der Waals surface area contributed by atoms with E-state index in [0.717, 1.165) is 54.5 Å². The number of rotatable bonds is 6. The molecule has 1 fully saturated rings. The Labute approximate surface area is 169 Å². The molecule has 0 aliphatic carbocycles. The SMILES string of the molecule is COc1cc(CN2CC[C@H](c3nc(-c4cccnc4)cc(=O)[nH]3)C2)cc(OC)c1. The summed E-state index contributed by atoms with van der Waals surface area (Å²) in [7, 11) is 3.31. The first-order valence-corrected chi connectivity index (χ1v) is 9.60. The number of aromatic amines is 1. The van der Waals surface area contributed by atoms with Crippen molar-refractivity contribution in [2.75, 3.05) is 27.3 Å². The van der Waals surface area contributed by atoms with Gasteiger partial charge in [-0.05, 0) is 42.8 Å². The summed E-state index contributed by atoms with van der Waals surface area (Å²) >= 11 is 0. The van der Waals surface area contributed by atoms with Gasteiger partial charge in [-0.15, -0.1) is 0 Å². The van der Waals surface area contributed by atoms with Crippen LogP contribution in [0.25, 0.3) is 11.3 Å². The highest BCUT2D eigenvalue weighted by Gasteiger charge is 2.26. The third-order valence-corrected chi connectivity index (χ3v) is 5.19. The second-order valence-electron chi connectivity index (χ2n) is 7.20. The number of pyridine rings is 1. The largest absolute Gasteiger partial charge is 0.497 e. The average Bonchev–Trinajstić information content (AvgIpc) is 3.22. The van der Waals surface area contributed by atoms with Crippen LogP contribution in [0.2, 0.25) is 0 Å². The lowest BCUT2D eigenvalue weighted by atomic mass is 10.1. The number of nitrogens with one attached hydrogen (secondary N) is 1. The summed E-state index contributed by atoms with van der Waals surface area (Å²) in [6, 6.07) is 11.2. The third kappa shape index (κ3) is 4.46. The molecule has 3 heterocycles. The third-order valence-electron chi connectivity index (χ3n) is 5.19. The Morgan fingerprint density at radius 3 is 2.66 bits per heavy atom. The van der Waals surface area contributed by atoms with Crippen LogP contribution in [0.1, 0.15) is 23.7 Å². The van der Waals surface area contributed by atoms with E-state index in [9.17, 15) is 4.79 Å². The zero-order valence-corrected chi connectivity index (χ0v) is 16.6. The van der Waals surface area contributed by atoms with E-state index in [1.54, 1.807) is 26.6 Å². The fourth-order valence-electron chi connectivity index (χ4n) is 3.75. The highest BCUT2D eigenvalue weighted by atomic mass is 16.5. The standard InChI is InChI=1S/C22H24N4O3/c1-28-18-8-15(9-19(10-18)29-2)13-26-7-5-17(14-26)22-24-20(11-21(27)25-22)16-4-3-6-23-12-16/h3-4,6,8-12,17H,5,7,13-14H2,1-2H3,(H,24,25,27)/t17-/m0/s1. The molecule has 1 saturated heterocycles. The van der Waals surface area contributed by atoms with Crippen LogP contribution < -0.4 is 15.0 Å². The topological polar surface area (TPSA) is 80.3 Å². The van der Waals surface area contributed by atoms with Crippen molar-refractivity contribution in [2.45, 2.75) is 18.9 Å². The Bertz CT molecular complexity index is 1010. The van der Waals surface area contributed by atoms with Crippen LogP contribution in [0.5, 0.6) is 11.5 Å². The molecule has 1 N–H and O–H groups in total. The highest BCUT2D eigenvalue weighted by molar-refractivity contribution is 5.57. The molecule has 3 aromatic rings. The highest BCUT2D eigenvalue weighted by Crippen LogP contribution is 2.29. The molecule has 0 bridgehead atoms. The van der Waals surface area contributed by atoms with Crippen molar-refractivity contribution in [3.05, 3.63) is 70.5 Å². The lowest BCUT2D eigenvalue weighted by Crippen LogP contribution is -2.21. The molecule has 4 rings (SSSR count). The van der Waals surface area contributed by atoms with Gasteiger partial charge in [-0.1, -0.05) is 0 Å². The monoisotopic (exact) mass is 392 g/mol. The van der Waals surface area contributed by atoms with E-state index in [2.05, 4.69) is 14.9 Å². The summed E-state index contributed by atoms with van der Waals surface area (Å²) in [4.78, 5) is 26.3. The van der Waals surface area contributed by atoms with Crippen molar-refractivity contribution < 1.29 is 9.47 Å². The number of methoxy groups -OCH3 is 2. The van der Waals surface area contributed by atoms with Crippen molar-refractivity contribution in [1.82, 2.24) is 19.9 Å². The molecule has 0 unspecified atom stereocenters. The second kappa shape index (κ2) is 8.45. The van der Waals surface area contributed by atoms with Gasteiger partial charge in [0.1, 0.15) is 17.3 Å². The minimum atomic E-state index is -0.134. The molecule has 0 spiro atoms. The normalized spacial score (nSPS) is 16.7. The van der Waals surface area contributed by atoms with Crippen LogP contribution in [0.3, 0.4) is 0 Å². The Morgan fingerprint density at radius 2 is 1.97 bits per heavy atom. The summed E-state index contributed by atoms with van der Waals surface area (Å²) in [6.07, 6.45) is 4.38. The maximum atomic E-state index is 12.2. The number of aromatic nitrogens is 3. The number of likely N-dealkylation sites (tertiary alicyclic amines) is 1. The van der Waals surface area contributed by atoms with Crippen molar-refractivity contribution in [3.8, 4) is 22.8 Å². The maximum Gasteiger partial charge on any atom is 0.251 e. The van der Waals surface area contributed by atoms with Crippen LogP contribution in [-0.2, 0) is 6.54 Å². The number of ether oxygens (including phenoxy) is 2. The number of benzene rings is 1. The number of H-pyrrole nitrogens is 1. The Morgan fingerprint density at radius 1 is 1.17 bits per heavy atom. The van der Waals surface area contributed by atoms with Gasteiger partial charge in [0.05, 0.1) is 19.9 Å². The minimum absolute atomic E-state index is 0.134. The van der Waals surface area contributed by atoms with Gasteiger partial charge >= 0.3 is 0 Å². The molecule has 1 atom stereocenters. The first-order chi connectivity index (χ1) is 14.1. The van der Waals surface area contributed by atoms with E-state index in [-0.39, 0.29) is 11.5 Å². The van der Waals surface area contributed by atoms with Crippen molar-refractivity contribution in [1.29, 1.82) is 0 Å². The van der Waals surface area contributed by atoms with E-state index in [4.69, 9.17) is 14.5 Å². The van der Waals surface area contributed by atoms with Crippen LogP contribution in [0.4, 0.5) is 0 Å². The van der Waals surface area contributed by atoms with E-state index < -0.39 is 0 Å². The van der Waals surface area contributed by atoms with Crippen LogP contribution in [-0.4, -0.2) is 47.2 Å². The van der Waals surface area contributed by atoms with Gasteiger partial charge in [-0.3, -0.25) is 14.7 Å². The zero-order valence-electron chi connectivity index (χ0n) is 16.6. The Balaban J connectivity index is 1.51. The predicted molar refractivity (Wildman–Crippen MR) is 110 cm³/mol. The summed E-state index contributed by atoms with van der Waals surface area (Å²) in [6.45, 7) is 2.56. The smallest absolute Gasteiger partial charge is 0.251 e. The summed E-state index contributed by atoms with van der Waals surface area (Å²) < 4.78 is 10.7. The van der Waals surface area contributed by atoms with E-state index >= 15 is 0 Å². The van der Waals surface area contributed by atoms with Gasteiger partial charge in [0, 0.05) is 49.1 Å². The van der Waals surface area contributed by atoms with E-state index in [1.165, 1.54) is 6.07 Å². The lowest BCUT2D eigenvalue weighted by Gasteiger charge is -2.17. The van der Waals surface area contributed by atoms with Gasteiger partial charge in [-0.25, -0.2) is 4.98 Å². The number of hydrogen-bond acceptors (Lipinski definition) is 6. The van der Waals surface area contributed by atoms with Crippen molar-refractivity contribution in [3.63, 3.8) is 0 Å². The van der Waals surface area contributed by atoms with E-state index in [1.807, 2.05) is 30.3 Å². The van der Waals surface area contributed by atoms with Crippen LogP contribution in [0, 0.1) is 0 Å². The molecule has 1 aliphatic rings. The molecule has 1 aromatic carbocycles. The van der Waals surface area contributed by atoms with Gasteiger partial charge < -0.3 is 14.5 Å². The fourth-order valence-corrected chi connectivity index (χ4v) is 3.75. The van der Waals surface area contributed by atoms with Crippen LogP contribution >= 0.6 is 0 Å². The second-order valence-corrected chi connectivity index (χ2v) is 7.20.